The maximum atomic E-state index is 12.3. The molecule has 0 N–H and O–H groups in total. The molecule has 0 aliphatic heterocycles. The molecule has 0 bridgehead atoms. The van der Waals surface area contributed by atoms with E-state index >= 15 is 0 Å². The van der Waals surface area contributed by atoms with Crippen molar-refractivity contribution in [3.8, 4) is 0 Å². The first kappa shape index (κ1) is 14.6. The van der Waals surface area contributed by atoms with Gasteiger partial charge in [-0.05, 0) is 38.2 Å². The summed E-state index contributed by atoms with van der Waals surface area (Å²) in [5, 5.41) is 0.875. The number of rotatable bonds is 6. The van der Waals surface area contributed by atoms with Crippen LogP contribution in [0.5, 0.6) is 0 Å². The van der Waals surface area contributed by atoms with Crippen LogP contribution in [-0.4, -0.2) is 28.7 Å². The van der Waals surface area contributed by atoms with Crippen LogP contribution in [0.1, 0.15) is 36.8 Å². The van der Waals surface area contributed by atoms with E-state index in [9.17, 15) is 4.79 Å². The average molecular weight is 324 g/mol. The highest BCUT2D eigenvalue weighted by Crippen LogP contribution is 2.25. The normalized spacial score (nSPS) is 15.1. The van der Waals surface area contributed by atoms with Crippen molar-refractivity contribution in [1.29, 1.82) is 0 Å². The highest BCUT2D eigenvalue weighted by atomic mass is 79.9. The van der Waals surface area contributed by atoms with Crippen molar-refractivity contribution in [3.63, 3.8) is 0 Å². The minimum atomic E-state index is 0.311. The van der Waals surface area contributed by atoms with E-state index in [1.807, 2.05) is 0 Å². The van der Waals surface area contributed by atoms with E-state index < -0.39 is 0 Å². The lowest BCUT2D eigenvalue weighted by Gasteiger charge is -2.37. The first-order valence-electron chi connectivity index (χ1n) is 7.11. The molecule has 1 aromatic rings. The third kappa shape index (κ3) is 4.07. The van der Waals surface area contributed by atoms with Gasteiger partial charge < -0.3 is 4.90 Å². The second-order valence-electron chi connectivity index (χ2n) is 5.35. The molecule has 0 spiro atoms. The van der Waals surface area contributed by atoms with Gasteiger partial charge in [-0.2, -0.15) is 0 Å². The molecule has 1 saturated carbocycles. The fourth-order valence-electron chi connectivity index (χ4n) is 2.56. The molecular weight excluding hydrogens is 302 g/mol. The van der Waals surface area contributed by atoms with Crippen LogP contribution in [0, 0.1) is 6.92 Å². The van der Waals surface area contributed by atoms with Crippen LogP contribution in [0.25, 0.3) is 0 Å². The predicted octanol–water partition coefficient (Wildman–Crippen LogP) is 3.70. The topological polar surface area (TPSA) is 20.3 Å². The first-order valence-corrected chi connectivity index (χ1v) is 8.24. The fraction of sp³-hybridized carbons (Fsp3) is 0.562. The number of alkyl halides is 1. The zero-order valence-electron chi connectivity index (χ0n) is 11.6. The van der Waals surface area contributed by atoms with E-state index in [0.717, 1.165) is 18.3 Å². The monoisotopic (exact) mass is 323 g/mol. The minimum Gasteiger partial charge on any atom is -0.339 e. The number of carbonyl (C=O) groups is 1. The van der Waals surface area contributed by atoms with Crippen molar-refractivity contribution in [2.24, 2.45) is 0 Å². The van der Waals surface area contributed by atoms with Crippen molar-refractivity contribution in [2.75, 3.05) is 11.9 Å². The molecule has 0 saturated heterocycles. The number of amides is 1. The molecule has 3 heteroatoms. The second-order valence-corrected chi connectivity index (χ2v) is 6.14. The van der Waals surface area contributed by atoms with E-state index in [-0.39, 0.29) is 0 Å². The fourth-order valence-corrected chi connectivity index (χ4v) is 2.94. The Balaban J connectivity index is 1.88. The molecule has 2 rings (SSSR count). The largest absolute Gasteiger partial charge is 0.339 e. The molecule has 0 heterocycles. The highest BCUT2D eigenvalue weighted by molar-refractivity contribution is 9.09. The lowest BCUT2D eigenvalue weighted by Crippen LogP contribution is -2.45. The van der Waals surface area contributed by atoms with Gasteiger partial charge in [0, 0.05) is 24.3 Å². The number of benzene rings is 1. The number of nitrogens with zero attached hydrogens (tertiary/aromatic N) is 1. The summed E-state index contributed by atoms with van der Waals surface area (Å²) >= 11 is 3.45. The molecule has 0 atom stereocenters. The number of hydrogen-bond donors (Lipinski definition) is 0. The second kappa shape index (κ2) is 7.09. The maximum absolute atomic E-state index is 12.3. The molecule has 0 aromatic heterocycles. The average Bonchev–Trinajstić information content (AvgIpc) is 2.33. The maximum Gasteiger partial charge on any atom is 0.223 e. The van der Waals surface area contributed by atoms with E-state index in [1.165, 1.54) is 30.4 Å². The van der Waals surface area contributed by atoms with Gasteiger partial charge in [0.2, 0.25) is 5.91 Å². The summed E-state index contributed by atoms with van der Waals surface area (Å²) in [7, 11) is 0. The van der Waals surface area contributed by atoms with Crippen molar-refractivity contribution >= 4 is 21.8 Å². The Kier molecular flexibility index (Phi) is 5.44. The Morgan fingerprint density at radius 1 is 1.42 bits per heavy atom. The number of halogens is 1. The van der Waals surface area contributed by atoms with Gasteiger partial charge in [-0.15, -0.1) is 0 Å². The van der Waals surface area contributed by atoms with Crippen LogP contribution < -0.4 is 0 Å². The third-order valence-electron chi connectivity index (χ3n) is 3.87. The summed E-state index contributed by atoms with van der Waals surface area (Å²) < 4.78 is 0. The molecule has 1 aliphatic carbocycles. The molecule has 2 nitrogen and oxygen atoms in total. The summed E-state index contributed by atoms with van der Waals surface area (Å²) in [4.78, 5) is 14.4. The van der Waals surface area contributed by atoms with Gasteiger partial charge in [0.25, 0.3) is 0 Å². The van der Waals surface area contributed by atoms with E-state index in [2.05, 4.69) is 52.0 Å². The van der Waals surface area contributed by atoms with E-state index in [1.54, 1.807) is 0 Å². The van der Waals surface area contributed by atoms with Crippen molar-refractivity contribution in [1.82, 2.24) is 4.90 Å². The van der Waals surface area contributed by atoms with Crippen LogP contribution >= 0.6 is 15.9 Å². The van der Waals surface area contributed by atoms with Crippen molar-refractivity contribution in [2.45, 2.75) is 45.1 Å². The van der Waals surface area contributed by atoms with Gasteiger partial charge in [-0.1, -0.05) is 45.8 Å². The number of hydrogen-bond acceptors (Lipinski definition) is 1. The first-order chi connectivity index (χ1) is 9.20. The van der Waals surface area contributed by atoms with Gasteiger partial charge >= 0.3 is 0 Å². The van der Waals surface area contributed by atoms with Gasteiger partial charge in [0.1, 0.15) is 0 Å². The van der Waals surface area contributed by atoms with Crippen LogP contribution in [-0.2, 0) is 11.2 Å². The summed E-state index contributed by atoms with van der Waals surface area (Å²) in [6, 6.07) is 8.94. The summed E-state index contributed by atoms with van der Waals surface area (Å²) in [5.41, 5.74) is 2.53. The summed E-state index contributed by atoms with van der Waals surface area (Å²) in [6.45, 7) is 2.94. The molecule has 0 unspecified atom stereocenters. The minimum absolute atomic E-state index is 0.311. The molecule has 0 radical (unpaired) electrons. The lowest BCUT2D eigenvalue weighted by atomic mass is 9.91. The molecular formula is C16H22BrNO. The molecule has 1 fully saturated rings. The van der Waals surface area contributed by atoms with Crippen LogP contribution in [0.4, 0.5) is 0 Å². The van der Waals surface area contributed by atoms with E-state index in [0.29, 0.717) is 18.4 Å². The zero-order chi connectivity index (χ0) is 13.7. The Labute approximate surface area is 124 Å². The van der Waals surface area contributed by atoms with E-state index in [4.69, 9.17) is 0 Å². The molecule has 1 aliphatic rings. The number of carbonyl (C=O) groups excluding carboxylic acids is 1. The predicted molar refractivity (Wildman–Crippen MR) is 82.6 cm³/mol. The van der Waals surface area contributed by atoms with Crippen LogP contribution in [0.2, 0.25) is 0 Å². The van der Waals surface area contributed by atoms with Gasteiger partial charge in [-0.3, -0.25) is 4.79 Å². The van der Waals surface area contributed by atoms with Crippen LogP contribution in [0.3, 0.4) is 0 Å². The Morgan fingerprint density at radius 3 is 2.79 bits per heavy atom. The van der Waals surface area contributed by atoms with Gasteiger partial charge in [-0.25, -0.2) is 0 Å². The smallest absolute Gasteiger partial charge is 0.223 e. The molecule has 104 valence electrons. The number of aryl methyl sites for hydroxylation is 2. The van der Waals surface area contributed by atoms with Gasteiger partial charge in [0.05, 0.1) is 0 Å². The molecule has 1 aromatic carbocycles. The molecule has 19 heavy (non-hydrogen) atoms. The standard InChI is InChI=1S/C16H22BrNO/c1-13-4-2-5-14(12-13)8-9-16(19)18(11-10-17)15-6-3-7-15/h2,4-5,12,15H,3,6-11H2,1H3. The lowest BCUT2D eigenvalue weighted by molar-refractivity contribution is -0.134. The Bertz CT molecular complexity index is 429. The van der Waals surface area contributed by atoms with Crippen molar-refractivity contribution < 1.29 is 4.79 Å². The Morgan fingerprint density at radius 2 is 2.21 bits per heavy atom. The molecule has 1 amide bonds. The van der Waals surface area contributed by atoms with Gasteiger partial charge in [0.15, 0.2) is 0 Å². The SMILES string of the molecule is Cc1cccc(CCC(=O)N(CCBr)C2CCC2)c1. The quantitative estimate of drug-likeness (QED) is 0.731. The third-order valence-corrected chi connectivity index (χ3v) is 4.23. The Hall–Kier alpha value is -0.830. The zero-order valence-corrected chi connectivity index (χ0v) is 13.2. The highest BCUT2D eigenvalue weighted by Gasteiger charge is 2.27. The van der Waals surface area contributed by atoms with Crippen molar-refractivity contribution in [3.05, 3.63) is 35.4 Å². The van der Waals surface area contributed by atoms with Crippen LogP contribution in [0.15, 0.2) is 24.3 Å². The summed E-state index contributed by atoms with van der Waals surface area (Å²) in [5.74, 6) is 0.311. The summed E-state index contributed by atoms with van der Waals surface area (Å²) in [6.07, 6.45) is 5.12.